The van der Waals surface area contributed by atoms with Crippen molar-refractivity contribution in [3.63, 3.8) is 0 Å². The second-order valence-corrected chi connectivity index (χ2v) is 5.27. The highest BCUT2D eigenvalue weighted by Crippen LogP contribution is 2.37. The molecule has 1 unspecified atom stereocenters. The molecule has 0 aromatic heterocycles. The molecule has 2 heteroatoms. The molecule has 0 aliphatic heterocycles. The predicted molar refractivity (Wildman–Crippen MR) is 85.1 cm³/mol. The third-order valence-corrected chi connectivity index (χ3v) is 3.92. The van der Waals surface area contributed by atoms with Crippen LogP contribution in [0.5, 0.6) is 5.75 Å². The molecule has 1 aliphatic rings. The molecule has 2 aromatic carbocycles. The fourth-order valence-electron chi connectivity index (χ4n) is 2.89. The molecule has 0 spiro atoms. The van der Waals surface area contributed by atoms with Crippen LogP contribution in [-0.4, -0.2) is 6.54 Å². The minimum atomic E-state index is 0.358. The second kappa shape index (κ2) is 6.47. The molecule has 0 bridgehead atoms. The lowest BCUT2D eigenvalue weighted by Gasteiger charge is -2.14. The summed E-state index contributed by atoms with van der Waals surface area (Å²) in [5, 5.41) is 3.40. The SMILES string of the molecule is C#CCNC1CCc2c(OCc3ccccc3)cccc21. The van der Waals surface area contributed by atoms with Gasteiger partial charge in [0.05, 0.1) is 6.54 Å². The Morgan fingerprint density at radius 2 is 2.00 bits per heavy atom. The molecule has 0 heterocycles. The molecule has 0 radical (unpaired) electrons. The lowest BCUT2D eigenvalue weighted by atomic mass is 10.1. The van der Waals surface area contributed by atoms with Crippen LogP contribution in [0.3, 0.4) is 0 Å². The van der Waals surface area contributed by atoms with Crippen molar-refractivity contribution in [2.45, 2.75) is 25.5 Å². The van der Waals surface area contributed by atoms with Crippen LogP contribution in [0.1, 0.15) is 29.2 Å². The van der Waals surface area contributed by atoms with Gasteiger partial charge in [0.25, 0.3) is 0 Å². The number of rotatable bonds is 5. The van der Waals surface area contributed by atoms with Crippen molar-refractivity contribution in [3.05, 3.63) is 65.2 Å². The van der Waals surface area contributed by atoms with Crippen LogP contribution in [-0.2, 0) is 13.0 Å². The molecule has 2 nitrogen and oxygen atoms in total. The van der Waals surface area contributed by atoms with E-state index in [0.29, 0.717) is 19.2 Å². The van der Waals surface area contributed by atoms with Crippen molar-refractivity contribution in [1.82, 2.24) is 5.32 Å². The first kappa shape index (κ1) is 13.7. The van der Waals surface area contributed by atoms with Gasteiger partial charge in [-0.2, -0.15) is 0 Å². The van der Waals surface area contributed by atoms with E-state index in [2.05, 4.69) is 41.6 Å². The number of nitrogens with one attached hydrogen (secondary N) is 1. The summed E-state index contributed by atoms with van der Waals surface area (Å²) in [5.41, 5.74) is 3.84. The normalized spacial score (nSPS) is 16.2. The van der Waals surface area contributed by atoms with Crippen molar-refractivity contribution < 1.29 is 4.74 Å². The lowest BCUT2D eigenvalue weighted by molar-refractivity contribution is 0.303. The summed E-state index contributed by atoms with van der Waals surface area (Å²) in [4.78, 5) is 0. The van der Waals surface area contributed by atoms with E-state index in [9.17, 15) is 0 Å². The van der Waals surface area contributed by atoms with Crippen molar-refractivity contribution in [2.24, 2.45) is 0 Å². The topological polar surface area (TPSA) is 21.3 Å². The number of hydrogen-bond acceptors (Lipinski definition) is 2. The van der Waals surface area contributed by atoms with Gasteiger partial charge in [-0.05, 0) is 35.6 Å². The van der Waals surface area contributed by atoms with E-state index in [1.807, 2.05) is 18.2 Å². The Labute approximate surface area is 126 Å². The number of benzene rings is 2. The molecule has 2 aromatic rings. The minimum Gasteiger partial charge on any atom is -0.489 e. The zero-order valence-electron chi connectivity index (χ0n) is 12.0. The molecule has 0 fully saturated rings. The molecule has 0 amide bonds. The Hall–Kier alpha value is -2.24. The first-order valence-electron chi connectivity index (χ1n) is 7.34. The van der Waals surface area contributed by atoms with Gasteiger partial charge in [0.15, 0.2) is 0 Å². The van der Waals surface area contributed by atoms with Gasteiger partial charge in [-0.25, -0.2) is 0 Å². The van der Waals surface area contributed by atoms with Crippen LogP contribution in [0.15, 0.2) is 48.5 Å². The number of hydrogen-bond donors (Lipinski definition) is 1. The summed E-state index contributed by atoms with van der Waals surface area (Å²) < 4.78 is 6.02. The van der Waals surface area contributed by atoms with Gasteiger partial charge in [-0.1, -0.05) is 48.4 Å². The minimum absolute atomic E-state index is 0.358. The summed E-state index contributed by atoms with van der Waals surface area (Å²) in [6.07, 6.45) is 7.46. The van der Waals surface area contributed by atoms with Crippen LogP contribution < -0.4 is 10.1 Å². The first-order valence-corrected chi connectivity index (χ1v) is 7.34. The molecule has 21 heavy (non-hydrogen) atoms. The van der Waals surface area contributed by atoms with Crippen LogP contribution in [0.2, 0.25) is 0 Å². The maximum Gasteiger partial charge on any atom is 0.123 e. The van der Waals surface area contributed by atoms with E-state index in [4.69, 9.17) is 11.2 Å². The van der Waals surface area contributed by atoms with Gasteiger partial charge in [0, 0.05) is 6.04 Å². The van der Waals surface area contributed by atoms with E-state index in [1.165, 1.54) is 16.7 Å². The number of fused-ring (bicyclic) bond motifs is 1. The maximum absolute atomic E-state index is 6.02. The van der Waals surface area contributed by atoms with Crippen molar-refractivity contribution >= 4 is 0 Å². The van der Waals surface area contributed by atoms with E-state index in [0.717, 1.165) is 18.6 Å². The average molecular weight is 277 g/mol. The lowest BCUT2D eigenvalue weighted by Crippen LogP contribution is -2.19. The Bertz CT molecular complexity index is 642. The molecule has 0 saturated carbocycles. The van der Waals surface area contributed by atoms with Gasteiger partial charge >= 0.3 is 0 Å². The predicted octanol–water partition coefficient (Wildman–Crippen LogP) is 3.48. The average Bonchev–Trinajstić information content (AvgIpc) is 2.95. The van der Waals surface area contributed by atoms with Gasteiger partial charge in [-0.15, -0.1) is 6.42 Å². The van der Waals surface area contributed by atoms with Crippen molar-refractivity contribution in [3.8, 4) is 18.1 Å². The molecule has 0 saturated heterocycles. The van der Waals surface area contributed by atoms with E-state index >= 15 is 0 Å². The summed E-state index contributed by atoms with van der Waals surface area (Å²) in [6.45, 7) is 1.22. The largest absolute Gasteiger partial charge is 0.489 e. The summed E-state index contributed by atoms with van der Waals surface area (Å²) in [6, 6.07) is 16.9. The molecule has 3 rings (SSSR count). The van der Waals surface area contributed by atoms with E-state index in [-0.39, 0.29) is 0 Å². The van der Waals surface area contributed by atoms with Gasteiger partial charge < -0.3 is 4.74 Å². The third-order valence-electron chi connectivity index (χ3n) is 3.92. The van der Waals surface area contributed by atoms with Gasteiger partial charge in [0.1, 0.15) is 12.4 Å². The highest BCUT2D eigenvalue weighted by Gasteiger charge is 2.24. The van der Waals surface area contributed by atoms with Crippen LogP contribution in [0.4, 0.5) is 0 Å². The zero-order chi connectivity index (χ0) is 14.5. The highest BCUT2D eigenvalue weighted by molar-refractivity contribution is 5.45. The van der Waals surface area contributed by atoms with Crippen molar-refractivity contribution in [1.29, 1.82) is 0 Å². The summed E-state index contributed by atoms with van der Waals surface area (Å²) in [5.74, 6) is 3.65. The van der Waals surface area contributed by atoms with Crippen LogP contribution >= 0.6 is 0 Å². The van der Waals surface area contributed by atoms with Gasteiger partial charge in [0.2, 0.25) is 0 Å². The zero-order valence-corrected chi connectivity index (χ0v) is 12.0. The fourth-order valence-corrected chi connectivity index (χ4v) is 2.89. The molecule has 1 atom stereocenters. The Kier molecular flexibility index (Phi) is 4.23. The van der Waals surface area contributed by atoms with E-state index < -0.39 is 0 Å². The third kappa shape index (κ3) is 3.09. The molecular weight excluding hydrogens is 258 g/mol. The molecule has 1 N–H and O–H groups in total. The van der Waals surface area contributed by atoms with Crippen LogP contribution in [0.25, 0.3) is 0 Å². The Balaban J connectivity index is 1.73. The highest BCUT2D eigenvalue weighted by atomic mass is 16.5. The molecule has 1 aliphatic carbocycles. The van der Waals surface area contributed by atoms with Gasteiger partial charge in [-0.3, -0.25) is 5.32 Å². The second-order valence-electron chi connectivity index (χ2n) is 5.27. The maximum atomic E-state index is 6.02. The van der Waals surface area contributed by atoms with Crippen LogP contribution in [0, 0.1) is 12.3 Å². The fraction of sp³-hybridized carbons (Fsp3) is 0.263. The standard InChI is InChI=1S/C19H19NO/c1-2-13-20-18-12-11-17-16(18)9-6-10-19(17)21-14-15-7-4-3-5-8-15/h1,3-10,18,20H,11-14H2. The number of ether oxygens (including phenoxy) is 1. The Morgan fingerprint density at radius 3 is 2.81 bits per heavy atom. The van der Waals surface area contributed by atoms with Crippen molar-refractivity contribution in [2.75, 3.05) is 6.54 Å². The smallest absolute Gasteiger partial charge is 0.123 e. The molecule has 106 valence electrons. The summed E-state index contributed by atoms with van der Waals surface area (Å²) >= 11 is 0. The monoisotopic (exact) mass is 277 g/mol. The van der Waals surface area contributed by atoms with E-state index in [1.54, 1.807) is 0 Å². The molecular formula is C19H19NO. The quantitative estimate of drug-likeness (QED) is 0.845. The first-order chi connectivity index (χ1) is 10.4. The number of terminal acetylenes is 1. The summed E-state index contributed by atoms with van der Waals surface area (Å²) in [7, 11) is 0. The Morgan fingerprint density at radius 1 is 1.14 bits per heavy atom.